The van der Waals surface area contributed by atoms with Crippen molar-refractivity contribution in [2.75, 3.05) is 26.4 Å². The Hall–Kier alpha value is -1.56. The molecule has 0 spiro atoms. The maximum atomic E-state index is 12.0. The smallest absolute Gasteiger partial charge is 0.339 e. The molecule has 0 unspecified atom stereocenters. The van der Waals surface area contributed by atoms with Gasteiger partial charge in [0.15, 0.2) is 0 Å². The zero-order valence-corrected chi connectivity index (χ0v) is 13.2. The molecule has 6 heteroatoms. The van der Waals surface area contributed by atoms with E-state index in [-0.39, 0.29) is 25.1 Å². The molecule has 0 amide bonds. The minimum atomic E-state index is -0.282. The Morgan fingerprint density at radius 1 is 1.27 bits per heavy atom. The summed E-state index contributed by atoms with van der Waals surface area (Å²) in [7, 11) is 0. The molecule has 0 saturated carbocycles. The molecule has 3 N–H and O–H groups in total. The fourth-order valence-corrected chi connectivity index (χ4v) is 2.73. The lowest BCUT2D eigenvalue weighted by molar-refractivity contribution is 0.0465. The van der Waals surface area contributed by atoms with Gasteiger partial charge in [-0.25, -0.2) is 4.79 Å². The number of fused-ring (bicyclic) bond motifs is 1. The predicted molar refractivity (Wildman–Crippen MR) is 89.4 cm³/mol. The normalized spacial score (nSPS) is 15.5. The summed E-state index contributed by atoms with van der Waals surface area (Å²) < 4.78 is 5.27. The number of aromatic nitrogens is 1. The summed E-state index contributed by atoms with van der Waals surface area (Å²) in [6.07, 6.45) is 4.23. The minimum absolute atomic E-state index is 0. The highest BCUT2D eigenvalue weighted by Crippen LogP contribution is 2.15. The van der Waals surface area contributed by atoms with E-state index in [1.54, 1.807) is 6.07 Å². The molecule has 1 saturated heterocycles. The first-order valence-electron chi connectivity index (χ1n) is 7.48. The fraction of sp³-hybridized carbons (Fsp3) is 0.438. The second-order valence-corrected chi connectivity index (χ2v) is 5.50. The number of aromatic amines is 1. The number of carbonyl (C=O) groups excluding carboxylic acids is 1. The van der Waals surface area contributed by atoms with Crippen LogP contribution in [0.4, 0.5) is 0 Å². The van der Waals surface area contributed by atoms with Gasteiger partial charge in [-0.05, 0) is 56.1 Å². The molecule has 0 bridgehead atoms. The summed E-state index contributed by atoms with van der Waals surface area (Å²) in [4.78, 5) is 15.1. The van der Waals surface area contributed by atoms with Gasteiger partial charge in [-0.1, -0.05) is 0 Å². The highest BCUT2D eigenvalue weighted by molar-refractivity contribution is 5.94. The Labute approximate surface area is 136 Å². The van der Waals surface area contributed by atoms with Gasteiger partial charge < -0.3 is 15.0 Å². The first kappa shape index (κ1) is 16.8. The number of benzene rings is 1. The third kappa shape index (κ3) is 4.22. The number of piperidine rings is 1. The Morgan fingerprint density at radius 3 is 2.91 bits per heavy atom. The average Bonchev–Trinajstić information content (AvgIpc) is 3.00. The molecule has 0 aliphatic carbocycles. The summed E-state index contributed by atoms with van der Waals surface area (Å²) in [6, 6.07) is 7.48. The van der Waals surface area contributed by atoms with Crippen molar-refractivity contribution in [3.8, 4) is 0 Å². The number of esters is 1. The van der Waals surface area contributed by atoms with Crippen LogP contribution in [0.2, 0.25) is 0 Å². The van der Waals surface area contributed by atoms with Gasteiger partial charge in [0.25, 0.3) is 0 Å². The van der Waals surface area contributed by atoms with Crippen molar-refractivity contribution in [2.45, 2.75) is 12.8 Å². The summed E-state index contributed by atoms with van der Waals surface area (Å²) in [6.45, 7) is 3.35. The standard InChI is InChI=1S/C16H21N3O2.ClH/c20-16(14-1-2-15-13(9-14)5-8-19-15)21-11-18-10-12-3-6-17-7-4-12;/h1-2,5,8-9,12,17-19H,3-4,6-7,10-11H2;1H. The molecule has 2 heterocycles. The number of hydrogen-bond donors (Lipinski definition) is 3. The maximum absolute atomic E-state index is 12.0. The number of nitrogens with one attached hydrogen (secondary N) is 3. The molecule has 1 aliphatic rings. The van der Waals surface area contributed by atoms with Gasteiger partial charge in [0.1, 0.15) is 6.73 Å². The summed E-state index contributed by atoms with van der Waals surface area (Å²) in [5.74, 6) is 0.400. The Kier molecular flexibility index (Phi) is 6.24. The predicted octanol–water partition coefficient (Wildman–Crippen LogP) is 2.29. The van der Waals surface area contributed by atoms with E-state index >= 15 is 0 Å². The van der Waals surface area contributed by atoms with Crippen molar-refractivity contribution in [3.63, 3.8) is 0 Å². The first-order valence-corrected chi connectivity index (χ1v) is 7.48. The summed E-state index contributed by atoms with van der Waals surface area (Å²) in [5, 5.41) is 7.57. The topological polar surface area (TPSA) is 66.2 Å². The van der Waals surface area contributed by atoms with Crippen molar-refractivity contribution in [2.24, 2.45) is 5.92 Å². The molecule has 1 fully saturated rings. The highest BCUT2D eigenvalue weighted by Gasteiger charge is 2.13. The SMILES string of the molecule is Cl.O=C(OCNCC1CCNCC1)c1ccc2[nH]ccc2c1. The molecule has 0 radical (unpaired) electrons. The van der Waals surface area contributed by atoms with Gasteiger partial charge in [-0.15, -0.1) is 12.4 Å². The van der Waals surface area contributed by atoms with Crippen LogP contribution >= 0.6 is 12.4 Å². The van der Waals surface area contributed by atoms with E-state index in [2.05, 4.69) is 15.6 Å². The van der Waals surface area contributed by atoms with E-state index in [1.165, 1.54) is 12.8 Å². The quantitative estimate of drug-likeness (QED) is 0.449. The van der Waals surface area contributed by atoms with Crippen LogP contribution < -0.4 is 10.6 Å². The third-order valence-corrected chi connectivity index (χ3v) is 3.99. The Bertz CT molecular complexity index is 608. The number of rotatable bonds is 5. The van der Waals surface area contributed by atoms with E-state index in [4.69, 9.17) is 4.74 Å². The average molecular weight is 324 g/mol. The molecule has 2 aromatic rings. The van der Waals surface area contributed by atoms with Crippen molar-refractivity contribution < 1.29 is 9.53 Å². The van der Waals surface area contributed by atoms with Crippen molar-refractivity contribution in [3.05, 3.63) is 36.0 Å². The molecule has 120 valence electrons. The van der Waals surface area contributed by atoms with Gasteiger partial charge in [-0.3, -0.25) is 5.32 Å². The van der Waals surface area contributed by atoms with Crippen LogP contribution in [-0.4, -0.2) is 37.3 Å². The lowest BCUT2D eigenvalue weighted by Crippen LogP contribution is -2.34. The van der Waals surface area contributed by atoms with E-state index in [0.29, 0.717) is 11.5 Å². The van der Waals surface area contributed by atoms with Crippen LogP contribution in [0.25, 0.3) is 10.9 Å². The molecule has 1 aromatic carbocycles. The van der Waals surface area contributed by atoms with E-state index in [1.807, 2.05) is 24.4 Å². The fourth-order valence-electron chi connectivity index (χ4n) is 2.73. The molecule has 22 heavy (non-hydrogen) atoms. The van der Waals surface area contributed by atoms with Gasteiger partial charge in [0.2, 0.25) is 0 Å². The van der Waals surface area contributed by atoms with Crippen molar-refractivity contribution in [1.82, 2.24) is 15.6 Å². The number of carbonyl (C=O) groups is 1. The van der Waals surface area contributed by atoms with Gasteiger partial charge in [0.05, 0.1) is 5.56 Å². The maximum Gasteiger partial charge on any atom is 0.339 e. The number of ether oxygens (including phenoxy) is 1. The van der Waals surface area contributed by atoms with Crippen LogP contribution in [0.15, 0.2) is 30.5 Å². The molecule has 0 atom stereocenters. The van der Waals surface area contributed by atoms with Gasteiger partial charge in [0, 0.05) is 23.6 Å². The summed E-state index contributed by atoms with van der Waals surface area (Å²) in [5.41, 5.74) is 1.61. The third-order valence-electron chi connectivity index (χ3n) is 3.99. The summed E-state index contributed by atoms with van der Waals surface area (Å²) >= 11 is 0. The van der Waals surface area contributed by atoms with E-state index in [9.17, 15) is 4.79 Å². The molecular formula is C16H22ClN3O2. The highest BCUT2D eigenvalue weighted by atomic mass is 35.5. The van der Waals surface area contributed by atoms with Crippen molar-refractivity contribution >= 4 is 29.3 Å². The van der Waals surface area contributed by atoms with Gasteiger partial charge in [-0.2, -0.15) is 0 Å². The number of hydrogen-bond acceptors (Lipinski definition) is 4. The largest absolute Gasteiger partial charge is 0.446 e. The molecular weight excluding hydrogens is 302 g/mol. The molecule has 5 nitrogen and oxygen atoms in total. The van der Waals surface area contributed by atoms with Crippen LogP contribution in [-0.2, 0) is 4.74 Å². The monoisotopic (exact) mass is 323 g/mol. The number of halogens is 1. The zero-order valence-electron chi connectivity index (χ0n) is 12.4. The number of H-pyrrole nitrogens is 1. The Balaban J connectivity index is 0.00000176. The van der Waals surface area contributed by atoms with Gasteiger partial charge >= 0.3 is 5.97 Å². The lowest BCUT2D eigenvalue weighted by atomic mass is 9.98. The van der Waals surface area contributed by atoms with E-state index < -0.39 is 0 Å². The second-order valence-electron chi connectivity index (χ2n) is 5.50. The molecule has 1 aromatic heterocycles. The van der Waals surface area contributed by atoms with E-state index in [0.717, 1.165) is 30.5 Å². The van der Waals surface area contributed by atoms with Crippen LogP contribution in [0.1, 0.15) is 23.2 Å². The second kappa shape index (κ2) is 8.17. The lowest BCUT2D eigenvalue weighted by Gasteiger charge is -2.22. The Morgan fingerprint density at radius 2 is 2.09 bits per heavy atom. The van der Waals surface area contributed by atoms with Crippen molar-refractivity contribution in [1.29, 1.82) is 0 Å². The van der Waals surface area contributed by atoms with Crippen LogP contribution in [0.5, 0.6) is 0 Å². The first-order chi connectivity index (χ1) is 10.3. The molecule has 1 aliphatic heterocycles. The van der Waals surface area contributed by atoms with Crippen LogP contribution in [0, 0.1) is 5.92 Å². The minimum Gasteiger partial charge on any atom is -0.446 e. The molecule has 3 rings (SSSR count). The zero-order chi connectivity index (χ0) is 14.5. The van der Waals surface area contributed by atoms with Crippen LogP contribution in [0.3, 0.4) is 0 Å².